The van der Waals surface area contributed by atoms with E-state index >= 15 is 0 Å². The molecule has 114 valence electrons. The average molecular weight is 324 g/mol. The standard InChI is InChI=1S/C18H14ClN3O/c1-12-10-17(23)22-16-9-5-4-8-15(16)20-18(22)21(12)11-13-6-2-3-7-14(13)19/h2-10H,11H2,1H3. The maximum Gasteiger partial charge on any atom is 0.259 e. The van der Waals surface area contributed by atoms with E-state index in [1.807, 2.05) is 60.0 Å². The van der Waals surface area contributed by atoms with Gasteiger partial charge in [-0.1, -0.05) is 41.9 Å². The van der Waals surface area contributed by atoms with Crippen LogP contribution in [0, 0.1) is 6.92 Å². The van der Waals surface area contributed by atoms with Gasteiger partial charge in [0.05, 0.1) is 17.6 Å². The predicted molar refractivity (Wildman–Crippen MR) is 92.2 cm³/mol. The monoisotopic (exact) mass is 323 g/mol. The fourth-order valence-corrected chi connectivity index (χ4v) is 3.08. The molecular weight excluding hydrogens is 310 g/mol. The first-order valence-electron chi connectivity index (χ1n) is 7.36. The largest absolute Gasteiger partial charge is 0.311 e. The molecule has 0 aliphatic carbocycles. The Morgan fingerprint density at radius 2 is 1.83 bits per heavy atom. The molecule has 5 heteroatoms. The van der Waals surface area contributed by atoms with E-state index < -0.39 is 0 Å². The minimum Gasteiger partial charge on any atom is -0.311 e. The highest BCUT2D eigenvalue weighted by Gasteiger charge is 2.13. The van der Waals surface area contributed by atoms with Crippen LogP contribution < -0.4 is 5.56 Å². The average Bonchev–Trinajstić information content (AvgIpc) is 2.92. The number of nitrogens with zero attached hydrogens (tertiary/aromatic N) is 3. The molecule has 4 rings (SSSR count). The molecule has 0 unspecified atom stereocenters. The Kier molecular flexibility index (Phi) is 3.20. The Balaban J connectivity index is 2.03. The molecule has 23 heavy (non-hydrogen) atoms. The minimum atomic E-state index is -0.0680. The Bertz CT molecular complexity index is 1090. The fraction of sp³-hybridized carbons (Fsp3) is 0.111. The molecule has 0 saturated carbocycles. The van der Waals surface area contributed by atoms with Gasteiger partial charge in [0.1, 0.15) is 0 Å². The van der Waals surface area contributed by atoms with Crippen molar-refractivity contribution in [1.29, 1.82) is 0 Å². The summed E-state index contributed by atoms with van der Waals surface area (Å²) in [7, 11) is 0. The van der Waals surface area contributed by atoms with Crippen molar-refractivity contribution < 1.29 is 0 Å². The summed E-state index contributed by atoms with van der Waals surface area (Å²) < 4.78 is 3.67. The number of benzene rings is 2. The molecule has 0 fully saturated rings. The van der Waals surface area contributed by atoms with E-state index in [0.29, 0.717) is 17.3 Å². The van der Waals surface area contributed by atoms with Gasteiger partial charge in [-0.05, 0) is 30.7 Å². The van der Waals surface area contributed by atoms with E-state index in [2.05, 4.69) is 4.98 Å². The number of hydrogen-bond acceptors (Lipinski definition) is 2. The molecule has 4 aromatic rings. The topological polar surface area (TPSA) is 39.3 Å². The number of aryl methyl sites for hydroxylation is 1. The predicted octanol–water partition coefficient (Wildman–Crippen LogP) is 3.66. The molecule has 0 aliphatic rings. The lowest BCUT2D eigenvalue weighted by atomic mass is 10.2. The van der Waals surface area contributed by atoms with Crippen molar-refractivity contribution in [3.8, 4) is 0 Å². The summed E-state index contributed by atoms with van der Waals surface area (Å²) in [6.07, 6.45) is 0. The summed E-state index contributed by atoms with van der Waals surface area (Å²) in [6.45, 7) is 2.48. The smallest absolute Gasteiger partial charge is 0.259 e. The number of aromatic nitrogens is 3. The number of para-hydroxylation sites is 2. The van der Waals surface area contributed by atoms with E-state index in [4.69, 9.17) is 11.6 Å². The molecule has 2 aromatic carbocycles. The maximum absolute atomic E-state index is 12.4. The lowest BCUT2D eigenvalue weighted by molar-refractivity contribution is 0.752. The summed E-state index contributed by atoms with van der Waals surface area (Å²) in [6, 6.07) is 17.0. The Labute approximate surface area is 137 Å². The highest BCUT2D eigenvalue weighted by molar-refractivity contribution is 6.31. The molecule has 2 aromatic heterocycles. The van der Waals surface area contributed by atoms with E-state index in [1.165, 1.54) is 0 Å². The zero-order valence-corrected chi connectivity index (χ0v) is 13.3. The van der Waals surface area contributed by atoms with Crippen LogP contribution in [-0.2, 0) is 6.54 Å². The van der Waals surface area contributed by atoms with Gasteiger partial charge in [-0.15, -0.1) is 0 Å². The second-order valence-corrected chi connectivity index (χ2v) is 5.94. The van der Waals surface area contributed by atoms with Crippen LogP contribution in [-0.4, -0.2) is 14.0 Å². The summed E-state index contributed by atoms with van der Waals surface area (Å²) >= 11 is 6.29. The Morgan fingerprint density at radius 1 is 1.09 bits per heavy atom. The molecular formula is C18H14ClN3O. The lowest BCUT2D eigenvalue weighted by Crippen LogP contribution is -2.19. The van der Waals surface area contributed by atoms with Crippen LogP contribution in [0.25, 0.3) is 16.8 Å². The van der Waals surface area contributed by atoms with Crippen molar-refractivity contribution in [2.45, 2.75) is 13.5 Å². The van der Waals surface area contributed by atoms with Crippen LogP contribution in [0.4, 0.5) is 0 Å². The van der Waals surface area contributed by atoms with Gasteiger partial charge in [-0.3, -0.25) is 4.79 Å². The van der Waals surface area contributed by atoms with Crippen molar-refractivity contribution in [1.82, 2.24) is 14.0 Å². The zero-order valence-electron chi connectivity index (χ0n) is 12.5. The molecule has 0 bridgehead atoms. The van der Waals surface area contributed by atoms with E-state index in [0.717, 1.165) is 22.3 Å². The molecule has 0 saturated heterocycles. The third-order valence-electron chi connectivity index (χ3n) is 4.05. The number of rotatable bonds is 2. The SMILES string of the molecule is Cc1cc(=O)n2c3ccccc3nc2n1Cc1ccccc1Cl. The normalized spacial score (nSPS) is 11.4. The van der Waals surface area contributed by atoms with Gasteiger partial charge in [-0.2, -0.15) is 0 Å². The lowest BCUT2D eigenvalue weighted by Gasteiger charge is -2.13. The number of halogens is 1. The third-order valence-corrected chi connectivity index (χ3v) is 4.42. The molecule has 2 heterocycles. The van der Waals surface area contributed by atoms with Crippen molar-refractivity contribution >= 4 is 28.4 Å². The van der Waals surface area contributed by atoms with Crippen molar-refractivity contribution in [2.75, 3.05) is 0 Å². The third kappa shape index (κ3) is 2.23. The fourth-order valence-electron chi connectivity index (χ4n) is 2.88. The molecule has 0 atom stereocenters. The van der Waals surface area contributed by atoms with Crippen molar-refractivity contribution in [3.63, 3.8) is 0 Å². The highest BCUT2D eigenvalue weighted by atomic mass is 35.5. The van der Waals surface area contributed by atoms with Crippen LogP contribution in [0.3, 0.4) is 0 Å². The van der Waals surface area contributed by atoms with Gasteiger partial charge < -0.3 is 4.57 Å². The summed E-state index contributed by atoms with van der Waals surface area (Å²) in [5, 5.41) is 0.708. The number of fused-ring (bicyclic) bond motifs is 3. The first-order valence-corrected chi connectivity index (χ1v) is 7.74. The molecule has 0 radical (unpaired) electrons. The second-order valence-electron chi connectivity index (χ2n) is 5.54. The van der Waals surface area contributed by atoms with Gasteiger partial charge in [0.15, 0.2) is 0 Å². The molecule has 0 N–H and O–H groups in total. The molecule has 0 aliphatic heterocycles. The van der Waals surface area contributed by atoms with Gasteiger partial charge >= 0.3 is 0 Å². The zero-order chi connectivity index (χ0) is 16.0. The molecule has 4 nitrogen and oxygen atoms in total. The van der Waals surface area contributed by atoms with Gasteiger partial charge in [0, 0.05) is 16.8 Å². The first kappa shape index (κ1) is 14.0. The first-order chi connectivity index (χ1) is 11.1. The van der Waals surface area contributed by atoms with Crippen LogP contribution in [0.1, 0.15) is 11.3 Å². The number of imidazole rings is 1. The van der Waals surface area contributed by atoms with Crippen LogP contribution >= 0.6 is 11.6 Å². The quantitative estimate of drug-likeness (QED) is 0.565. The number of hydrogen-bond donors (Lipinski definition) is 0. The van der Waals surface area contributed by atoms with Crippen LogP contribution in [0.2, 0.25) is 5.02 Å². The minimum absolute atomic E-state index is 0.0680. The van der Waals surface area contributed by atoms with Crippen molar-refractivity contribution in [2.24, 2.45) is 0 Å². The summed E-state index contributed by atoms with van der Waals surface area (Å²) in [4.78, 5) is 17.1. The van der Waals surface area contributed by atoms with Gasteiger partial charge in [-0.25, -0.2) is 9.38 Å². The maximum atomic E-state index is 12.4. The summed E-state index contributed by atoms with van der Waals surface area (Å²) in [5.41, 5.74) is 3.41. The Morgan fingerprint density at radius 3 is 2.65 bits per heavy atom. The van der Waals surface area contributed by atoms with Crippen LogP contribution in [0.5, 0.6) is 0 Å². The second kappa shape index (κ2) is 5.25. The van der Waals surface area contributed by atoms with Gasteiger partial charge in [0.25, 0.3) is 5.56 Å². The van der Waals surface area contributed by atoms with E-state index in [-0.39, 0.29) is 5.56 Å². The van der Waals surface area contributed by atoms with E-state index in [9.17, 15) is 4.79 Å². The summed E-state index contributed by atoms with van der Waals surface area (Å²) in [5.74, 6) is 0.635. The van der Waals surface area contributed by atoms with Crippen molar-refractivity contribution in [3.05, 3.63) is 81.2 Å². The van der Waals surface area contributed by atoms with E-state index in [1.54, 1.807) is 10.5 Å². The molecule has 0 amide bonds. The molecule has 0 spiro atoms. The Hall–Kier alpha value is -2.59. The van der Waals surface area contributed by atoms with Gasteiger partial charge in [0.2, 0.25) is 5.78 Å². The highest BCUT2D eigenvalue weighted by Crippen LogP contribution is 2.20. The van der Waals surface area contributed by atoms with Crippen LogP contribution in [0.15, 0.2) is 59.4 Å².